The van der Waals surface area contributed by atoms with Crippen LogP contribution in [0, 0.1) is 0 Å². The number of amides is 2. The van der Waals surface area contributed by atoms with Gasteiger partial charge >= 0.3 is 6.03 Å². The third-order valence-electron chi connectivity index (χ3n) is 7.11. The molecule has 5 aromatic rings. The van der Waals surface area contributed by atoms with Gasteiger partial charge in [0.1, 0.15) is 11.6 Å². The number of fused-ring (bicyclic) bond motifs is 3. The van der Waals surface area contributed by atoms with Crippen molar-refractivity contribution in [1.82, 2.24) is 19.2 Å². The Morgan fingerprint density at radius 3 is 2.46 bits per heavy atom. The molecule has 2 amide bonds. The number of urea groups is 1. The van der Waals surface area contributed by atoms with Gasteiger partial charge in [-0.1, -0.05) is 61.0 Å². The number of benzene rings is 3. The van der Waals surface area contributed by atoms with Gasteiger partial charge in [0.05, 0.1) is 47.5 Å². The number of aryl methyl sites for hydroxylation is 1. The first-order valence-corrected chi connectivity index (χ1v) is 13.3. The molecule has 0 saturated heterocycles. The number of carbonyl (C=O) groups excluding carboxylic acids is 1. The van der Waals surface area contributed by atoms with Gasteiger partial charge in [-0.3, -0.25) is 0 Å². The Kier molecular flexibility index (Phi) is 6.59. The van der Waals surface area contributed by atoms with Gasteiger partial charge in [0, 0.05) is 11.8 Å². The van der Waals surface area contributed by atoms with E-state index in [9.17, 15) is 4.79 Å². The molecule has 0 fully saturated rings. The highest BCUT2D eigenvalue weighted by molar-refractivity contribution is 6.33. The van der Waals surface area contributed by atoms with Gasteiger partial charge in [0.25, 0.3) is 0 Å². The van der Waals surface area contributed by atoms with Crippen LogP contribution >= 0.6 is 11.6 Å². The highest BCUT2D eigenvalue weighted by Crippen LogP contribution is 2.39. The number of hydrogen-bond acceptors (Lipinski definition) is 3. The number of nitrogens with one attached hydrogen (secondary N) is 1. The minimum absolute atomic E-state index is 0.251. The number of hydrogen-bond donors (Lipinski definition) is 1. The van der Waals surface area contributed by atoms with Crippen molar-refractivity contribution in [2.24, 2.45) is 0 Å². The van der Waals surface area contributed by atoms with Crippen LogP contribution in [0.2, 0.25) is 5.02 Å². The molecule has 0 aliphatic carbocycles. The van der Waals surface area contributed by atoms with Gasteiger partial charge in [0.2, 0.25) is 0 Å². The van der Waals surface area contributed by atoms with E-state index in [4.69, 9.17) is 21.4 Å². The number of rotatable bonds is 5. The molecule has 39 heavy (non-hydrogen) atoms. The molecule has 0 bridgehead atoms. The number of ether oxygens (including phenoxy) is 1. The molecule has 8 heteroatoms. The first-order valence-electron chi connectivity index (χ1n) is 12.9. The van der Waals surface area contributed by atoms with Crippen LogP contribution in [0.15, 0.2) is 97.2 Å². The van der Waals surface area contributed by atoms with Crippen LogP contribution in [0.3, 0.4) is 0 Å². The highest BCUT2D eigenvalue weighted by Gasteiger charge is 2.36. The van der Waals surface area contributed by atoms with Crippen molar-refractivity contribution < 1.29 is 9.53 Å². The number of carbonyl (C=O) groups is 1. The number of anilines is 1. The van der Waals surface area contributed by atoms with E-state index in [1.807, 2.05) is 88.6 Å². The van der Waals surface area contributed by atoms with E-state index in [-0.39, 0.29) is 12.1 Å². The van der Waals surface area contributed by atoms with E-state index in [0.717, 1.165) is 46.2 Å². The molecule has 1 aliphatic rings. The standard InChI is InChI=1S/C31H28ClN5O2/c1-3-26-24-20-36(31(38)33-27-13-8-7-12-25(27)32)29(21-15-17-23(39-2)18-16-21)28-14-9-19-35(28)30(24)37(34-26)22-10-5-4-6-11-22/h4-19,29H,3,20H2,1-2H3,(H,33,38)/t29-/m1/s1. The van der Waals surface area contributed by atoms with Gasteiger partial charge < -0.3 is 19.5 Å². The van der Waals surface area contributed by atoms with Crippen LogP contribution in [0.1, 0.15) is 35.5 Å². The van der Waals surface area contributed by atoms with Gasteiger partial charge in [-0.15, -0.1) is 0 Å². The maximum Gasteiger partial charge on any atom is 0.323 e. The summed E-state index contributed by atoms with van der Waals surface area (Å²) in [5.74, 6) is 1.69. The van der Waals surface area contributed by atoms with Crippen LogP contribution in [-0.4, -0.2) is 32.4 Å². The number of methoxy groups -OCH3 is 1. The van der Waals surface area contributed by atoms with Crippen molar-refractivity contribution in [3.05, 3.63) is 125 Å². The molecular weight excluding hydrogens is 510 g/mol. The second kappa shape index (κ2) is 10.3. The minimum Gasteiger partial charge on any atom is -0.497 e. The van der Waals surface area contributed by atoms with E-state index in [0.29, 0.717) is 17.3 Å². The summed E-state index contributed by atoms with van der Waals surface area (Å²) in [5, 5.41) is 8.55. The van der Waals surface area contributed by atoms with Crippen LogP contribution < -0.4 is 10.1 Å². The summed E-state index contributed by atoms with van der Waals surface area (Å²) in [7, 11) is 1.65. The predicted octanol–water partition coefficient (Wildman–Crippen LogP) is 7.02. The molecule has 3 aromatic carbocycles. The predicted molar refractivity (Wildman–Crippen MR) is 153 cm³/mol. The summed E-state index contributed by atoms with van der Waals surface area (Å²) in [6, 6.07) is 28.7. The second-order valence-corrected chi connectivity index (χ2v) is 9.77. The summed E-state index contributed by atoms with van der Waals surface area (Å²) in [4.78, 5) is 16.0. The molecule has 0 unspecified atom stereocenters. The Bertz CT molecular complexity index is 1620. The van der Waals surface area contributed by atoms with Crippen molar-refractivity contribution in [2.45, 2.75) is 25.9 Å². The number of halogens is 1. The Hall–Kier alpha value is -4.49. The smallest absolute Gasteiger partial charge is 0.323 e. The number of para-hydroxylation sites is 2. The largest absolute Gasteiger partial charge is 0.497 e. The average Bonchev–Trinajstić information content (AvgIpc) is 3.56. The Balaban J connectivity index is 1.55. The van der Waals surface area contributed by atoms with Crippen molar-refractivity contribution in [1.29, 1.82) is 0 Å². The average molecular weight is 538 g/mol. The maximum absolute atomic E-state index is 14.1. The zero-order chi connectivity index (χ0) is 26.9. The normalized spacial score (nSPS) is 14.3. The molecule has 7 nitrogen and oxygen atoms in total. The molecular formula is C31H28ClN5O2. The summed E-state index contributed by atoms with van der Waals surface area (Å²) in [5.41, 5.74) is 5.39. The molecule has 6 rings (SSSR count). The summed E-state index contributed by atoms with van der Waals surface area (Å²) < 4.78 is 9.55. The van der Waals surface area contributed by atoms with Crippen LogP contribution in [0.4, 0.5) is 10.5 Å². The lowest BCUT2D eigenvalue weighted by Gasteiger charge is -2.31. The first kappa shape index (κ1) is 24.8. The molecule has 1 N–H and O–H groups in total. The molecule has 3 heterocycles. The lowest BCUT2D eigenvalue weighted by atomic mass is 10.0. The fourth-order valence-corrected chi connectivity index (χ4v) is 5.42. The zero-order valence-corrected chi connectivity index (χ0v) is 22.5. The SMILES string of the molecule is CCc1nn(-c2ccccc2)c2c1CN(C(=O)Nc1ccccc1Cl)[C@H](c1ccc(OC)cc1)c1cccn1-2. The molecule has 196 valence electrons. The van der Waals surface area contributed by atoms with Crippen LogP contribution in [0.25, 0.3) is 11.5 Å². The van der Waals surface area contributed by atoms with E-state index >= 15 is 0 Å². The lowest BCUT2D eigenvalue weighted by molar-refractivity contribution is 0.194. The Morgan fingerprint density at radius 2 is 1.74 bits per heavy atom. The summed E-state index contributed by atoms with van der Waals surface area (Å²) in [6.07, 6.45) is 2.77. The van der Waals surface area contributed by atoms with Gasteiger partial charge in [-0.25, -0.2) is 9.48 Å². The fraction of sp³-hybridized carbons (Fsp3) is 0.161. The van der Waals surface area contributed by atoms with E-state index in [2.05, 4.69) is 22.9 Å². The van der Waals surface area contributed by atoms with Crippen molar-refractivity contribution in [2.75, 3.05) is 12.4 Å². The Morgan fingerprint density at radius 1 is 1.00 bits per heavy atom. The maximum atomic E-state index is 14.1. The van der Waals surface area contributed by atoms with Crippen LogP contribution in [0.5, 0.6) is 5.75 Å². The molecule has 0 saturated carbocycles. The highest BCUT2D eigenvalue weighted by atomic mass is 35.5. The van der Waals surface area contributed by atoms with Crippen LogP contribution in [-0.2, 0) is 13.0 Å². The van der Waals surface area contributed by atoms with E-state index in [1.165, 1.54) is 0 Å². The van der Waals surface area contributed by atoms with Crippen molar-refractivity contribution in [3.8, 4) is 17.3 Å². The lowest BCUT2D eigenvalue weighted by Crippen LogP contribution is -2.38. The minimum atomic E-state index is -0.380. The van der Waals surface area contributed by atoms with E-state index in [1.54, 1.807) is 19.2 Å². The van der Waals surface area contributed by atoms with Gasteiger partial charge in [-0.05, 0) is 60.5 Å². The second-order valence-electron chi connectivity index (χ2n) is 9.37. The molecule has 1 aliphatic heterocycles. The molecule has 2 aromatic heterocycles. The molecule has 1 atom stereocenters. The van der Waals surface area contributed by atoms with Crippen molar-refractivity contribution in [3.63, 3.8) is 0 Å². The van der Waals surface area contributed by atoms with Crippen molar-refractivity contribution >= 4 is 23.3 Å². The van der Waals surface area contributed by atoms with E-state index < -0.39 is 0 Å². The monoisotopic (exact) mass is 537 g/mol. The molecule has 0 spiro atoms. The number of aromatic nitrogens is 3. The third-order valence-corrected chi connectivity index (χ3v) is 7.44. The van der Waals surface area contributed by atoms with Gasteiger partial charge in [0.15, 0.2) is 0 Å². The Labute approximate surface area is 232 Å². The third kappa shape index (κ3) is 4.45. The molecule has 0 radical (unpaired) electrons. The zero-order valence-electron chi connectivity index (χ0n) is 21.7. The topological polar surface area (TPSA) is 64.3 Å². The van der Waals surface area contributed by atoms with Gasteiger partial charge in [-0.2, -0.15) is 5.10 Å². The quantitative estimate of drug-likeness (QED) is 0.262. The summed E-state index contributed by atoms with van der Waals surface area (Å²) in [6.45, 7) is 2.45. The summed E-state index contributed by atoms with van der Waals surface area (Å²) >= 11 is 6.43. The fourth-order valence-electron chi connectivity index (χ4n) is 5.23. The number of nitrogens with zero attached hydrogens (tertiary/aromatic N) is 4. The first-order chi connectivity index (χ1) is 19.1.